The Labute approximate surface area is 203 Å². The Morgan fingerprint density at radius 1 is 1.06 bits per heavy atom. The molecule has 2 fully saturated rings. The standard InChI is InChI=1S/C26H41N3O5/c1-18(2)29(17-22-15-27-14-21(22)16-28(3)25(30)19-7-8-19)26(31)20-9-10-23(33-5)24(13-20)34-12-6-11-32-4/h9-10,13,18-19,21-22,27H,6-8,11-12,14-17H2,1-5H3/t21-,22-/m0/s1. The van der Waals surface area contributed by atoms with Crippen molar-refractivity contribution in [2.45, 2.75) is 39.2 Å². The molecule has 1 aliphatic carbocycles. The molecule has 190 valence electrons. The number of nitrogens with one attached hydrogen (secondary N) is 1. The van der Waals surface area contributed by atoms with Gasteiger partial charge in [0.15, 0.2) is 11.5 Å². The van der Waals surface area contributed by atoms with Gasteiger partial charge in [-0.1, -0.05) is 0 Å². The summed E-state index contributed by atoms with van der Waals surface area (Å²) in [5, 5.41) is 3.47. The van der Waals surface area contributed by atoms with Crippen LogP contribution in [0.4, 0.5) is 0 Å². The van der Waals surface area contributed by atoms with Gasteiger partial charge < -0.3 is 29.3 Å². The molecular weight excluding hydrogens is 434 g/mol. The summed E-state index contributed by atoms with van der Waals surface area (Å²) >= 11 is 0. The summed E-state index contributed by atoms with van der Waals surface area (Å²) in [7, 11) is 5.16. The van der Waals surface area contributed by atoms with E-state index in [2.05, 4.69) is 5.32 Å². The van der Waals surface area contributed by atoms with Crippen molar-refractivity contribution in [2.24, 2.45) is 17.8 Å². The maximum Gasteiger partial charge on any atom is 0.254 e. The van der Waals surface area contributed by atoms with Crippen LogP contribution in [-0.2, 0) is 9.53 Å². The number of carbonyl (C=O) groups is 2. The average molecular weight is 476 g/mol. The summed E-state index contributed by atoms with van der Waals surface area (Å²) in [6.45, 7) is 8.29. The van der Waals surface area contributed by atoms with Crippen LogP contribution in [0.5, 0.6) is 11.5 Å². The van der Waals surface area contributed by atoms with Crippen LogP contribution in [0.15, 0.2) is 18.2 Å². The normalized spacial score (nSPS) is 19.8. The van der Waals surface area contributed by atoms with Crippen molar-refractivity contribution in [3.05, 3.63) is 23.8 Å². The van der Waals surface area contributed by atoms with Crippen LogP contribution in [0.2, 0.25) is 0 Å². The van der Waals surface area contributed by atoms with Gasteiger partial charge in [0.25, 0.3) is 5.91 Å². The molecule has 0 radical (unpaired) electrons. The van der Waals surface area contributed by atoms with E-state index in [1.807, 2.05) is 30.7 Å². The van der Waals surface area contributed by atoms with Crippen molar-refractivity contribution in [3.63, 3.8) is 0 Å². The number of rotatable bonds is 13. The molecule has 1 aromatic carbocycles. The molecule has 0 bridgehead atoms. The highest BCUT2D eigenvalue weighted by molar-refractivity contribution is 5.95. The quantitative estimate of drug-likeness (QED) is 0.442. The van der Waals surface area contributed by atoms with Crippen molar-refractivity contribution >= 4 is 11.8 Å². The second-order valence-electron chi connectivity index (χ2n) is 9.78. The smallest absolute Gasteiger partial charge is 0.254 e. The lowest BCUT2D eigenvalue weighted by Crippen LogP contribution is -2.44. The van der Waals surface area contributed by atoms with Crippen LogP contribution in [-0.4, -0.2) is 88.3 Å². The van der Waals surface area contributed by atoms with Crippen molar-refractivity contribution in [3.8, 4) is 11.5 Å². The minimum absolute atomic E-state index is 0.0209. The summed E-state index contributed by atoms with van der Waals surface area (Å²) in [6, 6.07) is 5.41. The van der Waals surface area contributed by atoms with Crippen LogP contribution in [0.3, 0.4) is 0 Å². The molecule has 1 N–H and O–H groups in total. The van der Waals surface area contributed by atoms with Gasteiger partial charge in [-0.2, -0.15) is 0 Å². The Balaban J connectivity index is 1.67. The number of hydrogen-bond donors (Lipinski definition) is 1. The Bertz CT molecular complexity index is 827. The van der Waals surface area contributed by atoms with Gasteiger partial charge in [0.2, 0.25) is 5.91 Å². The second-order valence-corrected chi connectivity index (χ2v) is 9.78. The maximum atomic E-state index is 13.6. The highest BCUT2D eigenvalue weighted by Crippen LogP contribution is 2.32. The Hall–Kier alpha value is -2.32. The van der Waals surface area contributed by atoms with Gasteiger partial charge in [0.1, 0.15) is 0 Å². The third-order valence-corrected chi connectivity index (χ3v) is 6.77. The topological polar surface area (TPSA) is 80.3 Å². The number of methoxy groups -OCH3 is 2. The summed E-state index contributed by atoms with van der Waals surface area (Å²) in [5.74, 6) is 2.27. The third-order valence-electron chi connectivity index (χ3n) is 6.77. The van der Waals surface area contributed by atoms with Gasteiger partial charge in [-0.05, 0) is 56.7 Å². The molecule has 1 aromatic rings. The zero-order chi connectivity index (χ0) is 24.7. The van der Waals surface area contributed by atoms with Crippen molar-refractivity contribution in [1.29, 1.82) is 0 Å². The number of amides is 2. The van der Waals surface area contributed by atoms with E-state index in [1.165, 1.54) is 0 Å². The highest BCUT2D eigenvalue weighted by atomic mass is 16.5. The van der Waals surface area contributed by atoms with Gasteiger partial charge in [-0.15, -0.1) is 0 Å². The molecule has 0 spiro atoms. The summed E-state index contributed by atoms with van der Waals surface area (Å²) < 4.78 is 16.4. The average Bonchev–Trinajstić information content (AvgIpc) is 3.59. The monoisotopic (exact) mass is 475 g/mol. The lowest BCUT2D eigenvalue weighted by Gasteiger charge is -2.33. The summed E-state index contributed by atoms with van der Waals surface area (Å²) in [6.07, 6.45) is 2.79. The Kier molecular flexibility index (Phi) is 9.59. The van der Waals surface area contributed by atoms with E-state index in [-0.39, 0.29) is 23.8 Å². The molecule has 2 amide bonds. The van der Waals surface area contributed by atoms with Gasteiger partial charge >= 0.3 is 0 Å². The first-order chi connectivity index (χ1) is 16.3. The largest absolute Gasteiger partial charge is 0.493 e. The van der Waals surface area contributed by atoms with Crippen LogP contribution >= 0.6 is 0 Å². The first kappa shape index (κ1) is 26.3. The van der Waals surface area contributed by atoms with Gasteiger partial charge in [-0.25, -0.2) is 0 Å². The molecule has 1 saturated heterocycles. The molecule has 1 aliphatic heterocycles. The number of benzene rings is 1. The molecule has 2 aliphatic rings. The third kappa shape index (κ3) is 6.85. The van der Waals surface area contributed by atoms with Crippen LogP contribution < -0.4 is 14.8 Å². The Morgan fingerprint density at radius 3 is 2.38 bits per heavy atom. The number of hydrogen-bond acceptors (Lipinski definition) is 6. The van der Waals surface area contributed by atoms with E-state index in [0.29, 0.717) is 48.7 Å². The lowest BCUT2D eigenvalue weighted by molar-refractivity contribution is -0.131. The highest BCUT2D eigenvalue weighted by Gasteiger charge is 2.36. The van der Waals surface area contributed by atoms with Crippen molar-refractivity contribution in [2.75, 3.05) is 60.7 Å². The van der Waals surface area contributed by atoms with Crippen LogP contribution in [0.25, 0.3) is 0 Å². The Morgan fingerprint density at radius 2 is 1.76 bits per heavy atom. The van der Waals surface area contributed by atoms with Gasteiger partial charge in [0, 0.05) is 70.9 Å². The second kappa shape index (κ2) is 12.4. The fourth-order valence-corrected chi connectivity index (χ4v) is 4.55. The molecule has 1 saturated carbocycles. The lowest BCUT2D eigenvalue weighted by atomic mass is 9.94. The first-order valence-corrected chi connectivity index (χ1v) is 12.4. The van der Waals surface area contributed by atoms with E-state index in [1.54, 1.807) is 32.4 Å². The zero-order valence-electron chi connectivity index (χ0n) is 21.3. The summed E-state index contributed by atoms with van der Waals surface area (Å²) in [5.41, 5.74) is 0.583. The predicted molar refractivity (Wildman–Crippen MR) is 131 cm³/mol. The molecule has 34 heavy (non-hydrogen) atoms. The molecule has 0 aromatic heterocycles. The van der Waals surface area contributed by atoms with Crippen LogP contribution in [0, 0.1) is 17.8 Å². The van der Waals surface area contributed by atoms with E-state index >= 15 is 0 Å². The minimum atomic E-state index is -0.0209. The van der Waals surface area contributed by atoms with Gasteiger partial charge in [-0.3, -0.25) is 9.59 Å². The maximum absolute atomic E-state index is 13.6. The number of nitrogens with zero attached hydrogens (tertiary/aromatic N) is 2. The van der Waals surface area contributed by atoms with Crippen molar-refractivity contribution < 1.29 is 23.8 Å². The van der Waals surface area contributed by atoms with Crippen LogP contribution in [0.1, 0.15) is 43.5 Å². The summed E-state index contributed by atoms with van der Waals surface area (Å²) in [4.78, 5) is 29.8. The van der Waals surface area contributed by atoms with Crippen molar-refractivity contribution in [1.82, 2.24) is 15.1 Å². The first-order valence-electron chi connectivity index (χ1n) is 12.4. The molecule has 8 nitrogen and oxygen atoms in total. The molecule has 2 atom stereocenters. The predicted octanol–water partition coefficient (Wildman–Crippen LogP) is 2.67. The van der Waals surface area contributed by atoms with E-state index < -0.39 is 0 Å². The van der Waals surface area contributed by atoms with E-state index in [9.17, 15) is 9.59 Å². The van der Waals surface area contributed by atoms with E-state index in [4.69, 9.17) is 14.2 Å². The molecule has 8 heteroatoms. The minimum Gasteiger partial charge on any atom is -0.493 e. The molecule has 0 unspecified atom stereocenters. The fraction of sp³-hybridized carbons (Fsp3) is 0.692. The molecule has 1 heterocycles. The zero-order valence-corrected chi connectivity index (χ0v) is 21.3. The van der Waals surface area contributed by atoms with E-state index in [0.717, 1.165) is 38.9 Å². The van der Waals surface area contributed by atoms with Gasteiger partial charge in [0.05, 0.1) is 13.7 Å². The fourth-order valence-electron chi connectivity index (χ4n) is 4.55. The molecule has 3 rings (SSSR count). The number of ether oxygens (including phenoxy) is 3. The SMILES string of the molecule is COCCCOc1cc(C(=O)N(C[C@@H]2CNC[C@H]2CN(C)C(=O)C2CC2)C(C)C)ccc1OC. The number of carbonyl (C=O) groups excluding carboxylic acids is 2. The molecular formula is C26H41N3O5.